The first-order valence-electron chi connectivity index (χ1n) is 51.1. The van der Waals surface area contributed by atoms with Crippen LogP contribution in [-0.2, 0) is 102 Å². The third-order valence-corrected chi connectivity index (χ3v) is 31.5. The van der Waals surface area contributed by atoms with Gasteiger partial charge in [-0.1, -0.05) is 145 Å². The number of aromatic nitrogens is 3. The zero-order valence-electron chi connectivity index (χ0n) is 86.1. The Hall–Kier alpha value is -9.12. The highest BCUT2D eigenvalue weighted by atomic mass is 35.5. The molecular formula is C111H144Cl6N10O19. The van der Waals surface area contributed by atoms with Crippen LogP contribution in [0, 0.1) is 23.7 Å². The number of rotatable bonds is 29. The fourth-order valence-corrected chi connectivity index (χ4v) is 22.2. The van der Waals surface area contributed by atoms with Gasteiger partial charge in [0.2, 0.25) is 11.8 Å². The van der Waals surface area contributed by atoms with Crippen molar-refractivity contribution in [2.24, 2.45) is 44.8 Å². The number of aryl methyl sites for hydroxylation is 3. The van der Waals surface area contributed by atoms with Gasteiger partial charge in [-0.2, -0.15) is 0 Å². The lowest BCUT2D eigenvalue weighted by Crippen LogP contribution is -2.42. The van der Waals surface area contributed by atoms with Crippen LogP contribution in [0.3, 0.4) is 0 Å². The van der Waals surface area contributed by atoms with Gasteiger partial charge in [-0.3, -0.25) is 33.6 Å². The smallest absolute Gasteiger partial charge is 0.410 e. The predicted molar refractivity (Wildman–Crippen MR) is 573 cm³/mol. The van der Waals surface area contributed by atoms with E-state index in [1.54, 1.807) is 81.1 Å². The number of ether oxygens (including phenoxy) is 9. The molecule has 6 N–H and O–H groups in total. The zero-order chi connectivity index (χ0) is 105. The van der Waals surface area contributed by atoms with Crippen LogP contribution in [-0.4, -0.2) is 246 Å². The third kappa shape index (κ3) is 31.3. The number of aliphatic carboxylic acids is 2. The fourth-order valence-electron chi connectivity index (χ4n) is 20.8. The van der Waals surface area contributed by atoms with Crippen LogP contribution in [0.25, 0.3) is 32.7 Å². The van der Waals surface area contributed by atoms with Crippen LogP contribution in [0.1, 0.15) is 218 Å². The summed E-state index contributed by atoms with van der Waals surface area (Å²) in [5.41, 5.74) is 6.58. The van der Waals surface area contributed by atoms with E-state index in [1.807, 2.05) is 133 Å². The van der Waals surface area contributed by atoms with E-state index in [4.69, 9.17) is 117 Å². The lowest BCUT2D eigenvalue weighted by Gasteiger charge is -2.31. The second kappa shape index (κ2) is 53.5. The number of fused-ring (bicyclic) bond motifs is 3. The Balaban J connectivity index is 0.000000159. The minimum Gasteiger partial charge on any atom is -0.481 e. The molecule has 6 amide bonds. The van der Waals surface area contributed by atoms with Crippen LogP contribution >= 0.6 is 69.6 Å². The number of carbonyl (C=O) groups is 8. The molecule has 7 heterocycles. The average molecular weight is 2140 g/mol. The van der Waals surface area contributed by atoms with Crippen molar-refractivity contribution in [2.45, 2.75) is 268 Å². The highest BCUT2D eigenvalue weighted by molar-refractivity contribution is 6.38. The molecule has 6 aromatic carbocycles. The molecule has 3 aromatic heterocycles. The number of hydrogen-bond donors (Lipinski definition) is 6. The summed E-state index contributed by atoms with van der Waals surface area (Å²) in [7, 11) is 12.4. The number of hydrogen-bond acceptors (Lipinski definition) is 18. The number of carbonyl (C=O) groups excluding carboxylic acids is 6. The largest absolute Gasteiger partial charge is 0.481 e. The third-order valence-electron chi connectivity index (χ3n) is 29.5. The number of likely N-dealkylation sites (tertiary alicyclic amines) is 3. The maximum atomic E-state index is 13.5. The number of benzene rings is 6. The van der Waals surface area contributed by atoms with Gasteiger partial charge in [0.25, 0.3) is 17.7 Å². The molecule has 29 nitrogen and oxygen atoms in total. The van der Waals surface area contributed by atoms with E-state index in [9.17, 15) is 43.5 Å². The molecule has 0 radical (unpaired) electrons. The summed E-state index contributed by atoms with van der Waals surface area (Å²) in [4.78, 5) is 106. The number of nitrogens with one attached hydrogen (secondary N) is 4. The number of carboxylic acid groups (broad SMARTS) is 2. The Bertz CT molecular complexity index is 5950. The van der Waals surface area contributed by atoms with Gasteiger partial charge in [0.05, 0.1) is 174 Å². The lowest BCUT2D eigenvalue weighted by molar-refractivity contribution is -0.144. The van der Waals surface area contributed by atoms with Crippen LogP contribution in [0.4, 0.5) is 21.9 Å². The number of nitrogens with zero attached hydrogens (tertiary/aromatic N) is 6. The van der Waals surface area contributed by atoms with Crippen molar-refractivity contribution in [2.75, 3.05) is 97.0 Å². The number of carboxylic acids is 2. The van der Waals surface area contributed by atoms with Gasteiger partial charge < -0.3 is 103 Å². The standard InChI is InChI=1S/C31H35Cl2N3O6.C31H37Cl2N3O4.C18H14Cl2N2O3.C18H33NO4.C13H25NO2/c1-35-16-24(23-5-3-4-6-28(23)35)30(38)34-27-14-25(32)19(11-26(27)33)12-29(37)36-15-22(41-2)13-20(36)17-42-21-9-7-18(8-10-21)31(39)40;1-19-8-10-22(11-9-19)40-18-21-14-23(39-3)16-36(21)30(37)13-20-12-27(33)28(15-26(20)32)34-31(38)25-17-35(2)29-7-5-4-6-24(25)29;1-22-9-12(11-4-2-3-5-16(11)22)18(25)21-15-8-13(19)10(6-14(15)20)7-17(23)24;1-13-6-8-15(9-7-13)22-12-14-10-16(21-5)11-19(14)17(20)23-18(2,3)4;1-10-3-5-12(6-4-10)16-9-11-7-13(15-2)8-14-11/h3-6,11,14,16,18,20-22H,7-10,12-13,15,17H2,1-2H3,(H,34,38)(H,39,40);4-7,12,15,17,19,21-23H,8-11,13-14,16,18H2,1-3H3,(H,34,38);2-6,8-9H,7H2,1H3,(H,21,25)(H,23,24);13-16H,6-12H2,1-5H3;10-14H,3-9H2,1-2H3/t18?,20-,21?,22-;19?,21-,22?,23-;;13?,14-,15?,16-;10?,11-,12?,13-/m00.00/s1. The minimum absolute atomic E-state index is 0.0102. The molecule has 8 aliphatic rings. The summed E-state index contributed by atoms with van der Waals surface area (Å²) in [5.74, 6) is -0.654. The normalized spacial score (nSPS) is 24.1. The summed E-state index contributed by atoms with van der Waals surface area (Å²) in [6, 6.07) is 32.7. The molecule has 35 heteroatoms. The van der Waals surface area contributed by atoms with Crippen molar-refractivity contribution in [3.8, 4) is 0 Å². The molecule has 4 aliphatic heterocycles. The molecule has 0 unspecified atom stereocenters. The summed E-state index contributed by atoms with van der Waals surface area (Å²) < 4.78 is 57.7. The molecular weight excluding hydrogens is 1990 g/mol. The second-order valence-electron chi connectivity index (χ2n) is 41.5. The Kier molecular flexibility index (Phi) is 41.8. The summed E-state index contributed by atoms with van der Waals surface area (Å²) in [6.45, 7) is 17.5. The molecule has 4 saturated heterocycles. The fraction of sp³-hybridized carbons (Fsp3) is 0.550. The Morgan fingerprint density at radius 2 is 0.692 bits per heavy atom. The van der Waals surface area contributed by atoms with Gasteiger partial charge in [-0.25, -0.2) is 4.79 Å². The topological polar surface area (TPSA) is 333 Å². The van der Waals surface area contributed by atoms with Crippen molar-refractivity contribution >= 4 is 167 Å². The molecule has 794 valence electrons. The van der Waals surface area contributed by atoms with Crippen molar-refractivity contribution in [3.63, 3.8) is 0 Å². The number of halogens is 6. The SMILES string of the molecule is CO[C@@H]1CN[C@H](COC2CCC(C)CC2)C1.CO[C@H]1C[C@@H](COC2CCC(C(=O)O)CC2)N(C(=O)Cc2cc(Cl)c(NC(=O)c3cn(C)c4ccccc34)cc2Cl)C1.CO[C@H]1C[C@@H](COC2CCC(C)CC2)N(C(=O)Cc2cc(Cl)c(NC(=O)c3cn(C)c4ccccc34)cc2Cl)C1.CO[C@H]1C[C@@H](COC2CCC(C)CC2)N(C(=O)OC(C)(C)C)C1.Cn1cc(C(=O)Nc2cc(Cl)c(CC(=O)O)cc2Cl)c2ccccc21. The first-order chi connectivity index (χ1) is 69.8. The van der Waals surface area contributed by atoms with Crippen LogP contribution < -0.4 is 21.3 Å². The number of anilines is 3. The van der Waals surface area contributed by atoms with E-state index in [0.717, 1.165) is 109 Å². The van der Waals surface area contributed by atoms with E-state index in [2.05, 4.69) is 42.0 Å². The van der Waals surface area contributed by atoms with Crippen molar-refractivity contribution in [1.29, 1.82) is 0 Å². The highest BCUT2D eigenvalue weighted by Gasteiger charge is 2.42. The van der Waals surface area contributed by atoms with Gasteiger partial charge in [0, 0.05) is 142 Å². The van der Waals surface area contributed by atoms with Crippen LogP contribution in [0.5, 0.6) is 0 Å². The molecule has 9 aromatic rings. The Morgan fingerprint density at radius 1 is 0.384 bits per heavy atom. The van der Waals surface area contributed by atoms with Gasteiger partial charge in [0.15, 0.2) is 0 Å². The van der Waals surface area contributed by atoms with E-state index in [-0.39, 0.29) is 125 Å². The zero-order valence-corrected chi connectivity index (χ0v) is 90.6. The molecule has 4 aliphatic carbocycles. The van der Waals surface area contributed by atoms with Gasteiger partial charge in [-0.15, -0.1) is 0 Å². The van der Waals surface area contributed by atoms with Crippen LogP contribution in [0.2, 0.25) is 30.1 Å². The molecule has 8 fully saturated rings. The quantitative estimate of drug-likeness (QED) is 0.0254. The van der Waals surface area contributed by atoms with E-state index in [0.29, 0.717) is 161 Å². The maximum absolute atomic E-state index is 13.5. The number of para-hydroxylation sites is 3. The Morgan fingerprint density at radius 3 is 1.01 bits per heavy atom. The first kappa shape index (κ1) is 114. The predicted octanol–water partition coefficient (Wildman–Crippen LogP) is 22.0. The van der Waals surface area contributed by atoms with Gasteiger partial charge in [0.1, 0.15) is 5.60 Å². The monoisotopic (exact) mass is 2130 g/mol. The Labute approximate surface area is 886 Å². The van der Waals surface area contributed by atoms with Crippen LogP contribution in [0.15, 0.2) is 128 Å². The van der Waals surface area contributed by atoms with Crippen molar-refractivity contribution in [3.05, 3.63) is 191 Å². The molecule has 4 saturated carbocycles. The highest BCUT2D eigenvalue weighted by Crippen LogP contribution is 2.40. The van der Waals surface area contributed by atoms with E-state index < -0.39 is 17.5 Å². The first-order valence-corrected chi connectivity index (χ1v) is 53.4. The minimum atomic E-state index is -1.01. The molecule has 0 bridgehead atoms. The van der Waals surface area contributed by atoms with E-state index in [1.165, 1.54) is 63.5 Å². The summed E-state index contributed by atoms with van der Waals surface area (Å²) in [5, 5.41) is 34.3. The van der Waals surface area contributed by atoms with E-state index >= 15 is 0 Å². The lowest BCUT2D eigenvalue weighted by atomic mass is 9.87. The van der Waals surface area contributed by atoms with Crippen molar-refractivity contribution in [1.82, 2.24) is 33.7 Å². The van der Waals surface area contributed by atoms with Gasteiger partial charge >= 0.3 is 18.0 Å². The second-order valence-corrected chi connectivity index (χ2v) is 44.0. The molecule has 17 rings (SSSR count). The molecule has 0 spiro atoms. The average Bonchev–Trinajstić information content (AvgIpc) is 1.66. The van der Waals surface area contributed by atoms with Gasteiger partial charge in [-0.05, 0) is 238 Å². The maximum Gasteiger partial charge on any atom is 0.410 e. The summed E-state index contributed by atoms with van der Waals surface area (Å²) in [6.07, 6.45) is 26.8. The van der Waals surface area contributed by atoms with Crippen molar-refractivity contribution < 1.29 is 91.2 Å². The summed E-state index contributed by atoms with van der Waals surface area (Å²) >= 11 is 38.6. The molecule has 8 atom stereocenters. The molecule has 146 heavy (non-hydrogen) atoms. The number of methoxy groups -OCH3 is 4. The number of amides is 6.